The fourth-order valence-electron chi connectivity index (χ4n) is 2.83. The summed E-state index contributed by atoms with van der Waals surface area (Å²) in [5, 5.41) is 9.39. The smallest absolute Gasteiger partial charge is 0.0703 e. The lowest BCUT2D eigenvalue weighted by atomic mass is 9.75. The highest BCUT2D eigenvalue weighted by Crippen LogP contribution is 2.38. The van der Waals surface area contributed by atoms with Crippen molar-refractivity contribution in [3.63, 3.8) is 0 Å². The van der Waals surface area contributed by atoms with Gasteiger partial charge >= 0.3 is 0 Å². The topological polar surface area (TPSA) is 36.4 Å². The summed E-state index contributed by atoms with van der Waals surface area (Å²) in [5.74, 6) is 0. The van der Waals surface area contributed by atoms with Gasteiger partial charge in [-0.3, -0.25) is 4.98 Å². The number of aliphatic hydroxyl groups is 1. The minimum Gasteiger partial charge on any atom is -0.392 e. The third-order valence-corrected chi connectivity index (χ3v) is 4.29. The van der Waals surface area contributed by atoms with E-state index in [9.17, 15) is 5.11 Å². The van der Waals surface area contributed by atoms with Gasteiger partial charge < -0.3 is 10.0 Å². The molecule has 1 N–H and O–H groups in total. The Morgan fingerprint density at radius 3 is 2.67 bits per heavy atom. The minimum atomic E-state index is 0.0837. The van der Waals surface area contributed by atoms with Crippen molar-refractivity contribution in [3.8, 4) is 0 Å². The fourth-order valence-corrected chi connectivity index (χ4v) is 2.83. The molecule has 0 spiro atoms. The molecule has 1 heterocycles. The van der Waals surface area contributed by atoms with Crippen molar-refractivity contribution in [2.45, 2.75) is 52.2 Å². The predicted molar refractivity (Wildman–Crippen MR) is 74.6 cm³/mol. The zero-order valence-corrected chi connectivity index (χ0v) is 11.7. The molecule has 3 nitrogen and oxygen atoms in total. The molecular formula is C15H24N2O. The van der Waals surface area contributed by atoms with E-state index < -0.39 is 0 Å². The van der Waals surface area contributed by atoms with Gasteiger partial charge in [-0.1, -0.05) is 13.8 Å². The Hall–Kier alpha value is -1.09. The molecule has 18 heavy (non-hydrogen) atoms. The van der Waals surface area contributed by atoms with Gasteiger partial charge in [-0.25, -0.2) is 0 Å². The third kappa shape index (κ3) is 2.83. The summed E-state index contributed by atoms with van der Waals surface area (Å²) in [6, 6.07) is 2.48. The van der Waals surface area contributed by atoms with Crippen LogP contribution in [0.25, 0.3) is 0 Å². The third-order valence-electron chi connectivity index (χ3n) is 4.29. The highest BCUT2D eigenvalue weighted by Gasteiger charge is 2.29. The van der Waals surface area contributed by atoms with E-state index in [0.717, 1.165) is 11.3 Å². The number of nitrogens with zero attached hydrogens (tertiary/aromatic N) is 2. The maximum absolute atomic E-state index is 9.39. The van der Waals surface area contributed by atoms with Crippen molar-refractivity contribution in [2.24, 2.45) is 5.41 Å². The Kier molecular flexibility index (Phi) is 3.91. The average molecular weight is 248 g/mol. The molecule has 0 amide bonds. The zero-order chi connectivity index (χ0) is 13.2. The summed E-state index contributed by atoms with van der Waals surface area (Å²) in [7, 11) is 2.12. The van der Waals surface area contributed by atoms with Crippen molar-refractivity contribution >= 4 is 5.69 Å². The molecule has 1 aromatic rings. The van der Waals surface area contributed by atoms with E-state index in [1.54, 1.807) is 6.20 Å². The summed E-state index contributed by atoms with van der Waals surface area (Å²) in [4.78, 5) is 6.48. The van der Waals surface area contributed by atoms with Crippen LogP contribution in [0.15, 0.2) is 18.5 Å². The van der Waals surface area contributed by atoms with E-state index in [1.807, 2.05) is 12.3 Å². The van der Waals surface area contributed by atoms with Gasteiger partial charge in [0.05, 0.1) is 18.5 Å². The first-order valence-electron chi connectivity index (χ1n) is 6.80. The number of pyridine rings is 1. The van der Waals surface area contributed by atoms with Gasteiger partial charge in [0, 0.05) is 24.8 Å². The van der Waals surface area contributed by atoms with E-state index in [-0.39, 0.29) is 6.61 Å². The van der Waals surface area contributed by atoms with Crippen molar-refractivity contribution in [2.75, 3.05) is 11.9 Å². The number of hydrogen-bond donors (Lipinski definition) is 1. The summed E-state index contributed by atoms with van der Waals surface area (Å²) in [6.45, 7) is 4.79. The summed E-state index contributed by atoms with van der Waals surface area (Å²) < 4.78 is 0. The van der Waals surface area contributed by atoms with E-state index in [0.29, 0.717) is 11.5 Å². The normalized spacial score (nSPS) is 19.8. The first kappa shape index (κ1) is 13.3. The summed E-state index contributed by atoms with van der Waals surface area (Å²) in [6.07, 6.45) is 8.61. The summed E-state index contributed by atoms with van der Waals surface area (Å²) in [5.41, 5.74) is 2.54. The van der Waals surface area contributed by atoms with Gasteiger partial charge in [-0.15, -0.1) is 0 Å². The number of rotatable bonds is 3. The van der Waals surface area contributed by atoms with Gasteiger partial charge in [-0.05, 0) is 37.2 Å². The first-order chi connectivity index (χ1) is 8.53. The quantitative estimate of drug-likeness (QED) is 0.893. The van der Waals surface area contributed by atoms with Gasteiger partial charge in [0.2, 0.25) is 0 Å². The maximum Gasteiger partial charge on any atom is 0.0703 e. The Bertz CT molecular complexity index is 393. The maximum atomic E-state index is 9.39. The number of anilines is 1. The standard InChI is InChI=1S/C15H24N2O/c1-15(2)7-4-13(5-8-15)17(3)14-10-16-9-6-12(14)11-18/h6,9-10,13,18H,4-5,7-8,11H2,1-3H3. The van der Waals surface area contributed by atoms with Crippen molar-refractivity contribution in [1.29, 1.82) is 0 Å². The van der Waals surface area contributed by atoms with Crippen LogP contribution in [-0.2, 0) is 6.61 Å². The van der Waals surface area contributed by atoms with E-state index >= 15 is 0 Å². The highest BCUT2D eigenvalue weighted by molar-refractivity contribution is 5.51. The molecule has 1 aliphatic carbocycles. The number of hydrogen-bond acceptors (Lipinski definition) is 3. The number of aliphatic hydroxyl groups excluding tert-OH is 1. The second-order valence-electron chi connectivity index (χ2n) is 6.17. The predicted octanol–water partition coefficient (Wildman–Crippen LogP) is 2.98. The fraction of sp³-hybridized carbons (Fsp3) is 0.667. The molecule has 100 valence electrons. The molecule has 1 aliphatic rings. The van der Waals surface area contributed by atoms with Crippen LogP contribution in [0.1, 0.15) is 45.1 Å². The van der Waals surface area contributed by atoms with Crippen LogP contribution < -0.4 is 4.90 Å². The molecule has 3 heteroatoms. The van der Waals surface area contributed by atoms with Gasteiger partial charge in [0.1, 0.15) is 0 Å². The lowest BCUT2D eigenvalue weighted by Crippen LogP contribution is -2.37. The molecule has 0 aliphatic heterocycles. The van der Waals surface area contributed by atoms with Crippen molar-refractivity contribution < 1.29 is 5.11 Å². The van der Waals surface area contributed by atoms with E-state index in [1.165, 1.54) is 25.7 Å². The Balaban J connectivity index is 2.10. The average Bonchev–Trinajstić information content (AvgIpc) is 2.38. The Labute approximate surface area is 110 Å². The van der Waals surface area contributed by atoms with Crippen LogP contribution in [0.3, 0.4) is 0 Å². The lowest BCUT2D eigenvalue weighted by molar-refractivity contribution is 0.222. The molecule has 0 unspecified atom stereocenters. The summed E-state index contributed by atoms with van der Waals surface area (Å²) >= 11 is 0. The number of aromatic nitrogens is 1. The van der Waals surface area contributed by atoms with Gasteiger partial charge in [-0.2, -0.15) is 0 Å². The molecule has 1 saturated carbocycles. The van der Waals surface area contributed by atoms with Gasteiger partial charge in [0.15, 0.2) is 0 Å². The molecule has 0 atom stereocenters. The Morgan fingerprint density at radius 1 is 1.39 bits per heavy atom. The molecular weight excluding hydrogens is 224 g/mol. The second-order valence-corrected chi connectivity index (χ2v) is 6.17. The van der Waals surface area contributed by atoms with Crippen LogP contribution in [0.5, 0.6) is 0 Å². The SMILES string of the molecule is CN(c1cnccc1CO)C1CCC(C)(C)CC1. The van der Waals surface area contributed by atoms with Crippen LogP contribution in [0, 0.1) is 5.41 Å². The van der Waals surface area contributed by atoms with Crippen molar-refractivity contribution in [1.82, 2.24) is 4.98 Å². The zero-order valence-electron chi connectivity index (χ0n) is 11.7. The van der Waals surface area contributed by atoms with Crippen LogP contribution in [0.2, 0.25) is 0 Å². The van der Waals surface area contributed by atoms with Crippen LogP contribution in [-0.4, -0.2) is 23.2 Å². The highest BCUT2D eigenvalue weighted by atomic mass is 16.3. The molecule has 0 aromatic carbocycles. The van der Waals surface area contributed by atoms with Gasteiger partial charge in [0.25, 0.3) is 0 Å². The molecule has 1 fully saturated rings. The largest absolute Gasteiger partial charge is 0.392 e. The minimum absolute atomic E-state index is 0.0837. The lowest BCUT2D eigenvalue weighted by Gasteiger charge is -2.40. The molecule has 2 rings (SSSR count). The Morgan fingerprint density at radius 2 is 2.06 bits per heavy atom. The van der Waals surface area contributed by atoms with Crippen LogP contribution >= 0.6 is 0 Å². The van der Waals surface area contributed by atoms with E-state index in [4.69, 9.17) is 0 Å². The molecule has 1 aromatic heterocycles. The van der Waals surface area contributed by atoms with Crippen molar-refractivity contribution in [3.05, 3.63) is 24.0 Å². The van der Waals surface area contributed by atoms with Crippen LogP contribution in [0.4, 0.5) is 5.69 Å². The van der Waals surface area contributed by atoms with E-state index in [2.05, 4.69) is 30.8 Å². The molecule has 0 radical (unpaired) electrons. The molecule has 0 saturated heterocycles. The molecule has 0 bridgehead atoms. The monoisotopic (exact) mass is 248 g/mol. The second kappa shape index (κ2) is 5.27. The first-order valence-corrected chi connectivity index (χ1v) is 6.80.